The van der Waals surface area contributed by atoms with E-state index in [-0.39, 0.29) is 148 Å². The molecule has 0 radical (unpaired) electrons. The number of aromatic amines is 2. The van der Waals surface area contributed by atoms with Gasteiger partial charge in [-0.15, -0.1) is 0 Å². The Bertz CT molecular complexity index is 5830. The zero-order chi connectivity index (χ0) is 82.3. The third-order valence-electron chi connectivity index (χ3n) is 18.7. The largest absolute Gasteiger partial charge is 0.507 e. The molecule has 4 aromatic heterocycles. The second-order valence-corrected chi connectivity index (χ2v) is 26.7. The highest BCUT2D eigenvalue weighted by Crippen LogP contribution is 2.29. The van der Waals surface area contributed by atoms with Crippen LogP contribution >= 0.6 is 0 Å². The van der Waals surface area contributed by atoms with Crippen LogP contribution in [0.5, 0.6) is 11.5 Å². The minimum atomic E-state index is -1.37. The number of phenolic OH excluding ortho intramolecular Hbond substituents is 2. The van der Waals surface area contributed by atoms with Crippen LogP contribution in [0.15, 0.2) is 261 Å². The van der Waals surface area contributed by atoms with Crippen molar-refractivity contribution in [2.75, 3.05) is 0 Å². The maximum absolute atomic E-state index is 13.1. The highest BCUT2D eigenvalue weighted by molar-refractivity contribution is 6.13. The number of carboxylic acid groups (broad SMARTS) is 3. The zero-order valence-corrected chi connectivity index (χ0v) is 61.3. The van der Waals surface area contributed by atoms with Crippen LogP contribution in [-0.4, -0.2) is 137 Å². The molecule has 0 aliphatic rings. The van der Waals surface area contributed by atoms with Crippen molar-refractivity contribution in [2.45, 2.75) is 52.9 Å². The first kappa shape index (κ1) is 82.1. The normalized spacial score (nSPS) is 10.7. The second kappa shape index (κ2) is 36.9. The van der Waals surface area contributed by atoms with Gasteiger partial charge in [0.15, 0.2) is 57.8 Å². The maximum Gasteiger partial charge on any atom is 0.336 e. The van der Waals surface area contributed by atoms with E-state index in [0.29, 0.717) is 89.0 Å². The molecule has 117 heavy (non-hydrogen) atoms. The number of nitrogens with one attached hydrogen (secondary N) is 2. The van der Waals surface area contributed by atoms with Gasteiger partial charge in [0.25, 0.3) is 0 Å². The fourth-order valence-corrected chi connectivity index (χ4v) is 12.5. The molecule has 0 saturated carbocycles. The Morgan fingerprint density at radius 1 is 0.316 bits per heavy atom. The topological polar surface area (TPSA) is 419 Å². The number of fused-ring (bicyclic) bond motifs is 2. The molecule has 0 unspecified atom stereocenters. The van der Waals surface area contributed by atoms with E-state index < -0.39 is 29.5 Å². The fraction of sp³-hybridized carbons (Fsp3) is 0.0870. The molecule has 0 fully saturated rings. The molecular weight excluding hydrogens is 1490 g/mol. The van der Waals surface area contributed by atoms with Crippen LogP contribution in [-0.2, 0) is 38.5 Å². The maximum atomic E-state index is 13.1. The summed E-state index contributed by atoms with van der Waals surface area (Å²) in [5.74, 6) is -6.93. The van der Waals surface area contributed by atoms with E-state index in [1.165, 1.54) is 79.7 Å². The molecule has 0 saturated heterocycles. The Balaban J connectivity index is 0.000000174. The van der Waals surface area contributed by atoms with Gasteiger partial charge in [0.05, 0.1) is 39.5 Å². The lowest BCUT2D eigenvalue weighted by molar-refractivity contribution is 0.0678. The lowest BCUT2D eigenvalue weighted by atomic mass is 9.93. The smallest absolute Gasteiger partial charge is 0.336 e. The van der Waals surface area contributed by atoms with E-state index in [1.807, 2.05) is 0 Å². The average Bonchev–Trinajstić information content (AvgIpc) is 1.80. The number of benzene rings is 10. The highest BCUT2D eigenvalue weighted by Gasteiger charge is 2.24. The van der Waals surface area contributed by atoms with E-state index in [9.17, 15) is 87.9 Å². The first-order chi connectivity index (χ1) is 55.8. The van der Waals surface area contributed by atoms with Gasteiger partial charge in [-0.25, -0.2) is 14.4 Å². The summed E-state index contributed by atoms with van der Waals surface area (Å²) in [6.45, 7) is 1.28. The number of carboxylic acids is 3. The fourth-order valence-electron chi connectivity index (χ4n) is 12.5. The average molecular weight is 1560 g/mol. The number of nitrogens with zero attached hydrogens (tertiary/aromatic N) is 5. The number of Topliss-reactive ketones (excluding diaryl/α,β-unsaturated/α-hetero) is 7. The van der Waals surface area contributed by atoms with Crippen molar-refractivity contribution >= 4 is 97.7 Å². The van der Waals surface area contributed by atoms with E-state index in [4.69, 9.17) is 0 Å². The van der Waals surface area contributed by atoms with Gasteiger partial charge in [-0.3, -0.25) is 63.0 Å². The van der Waals surface area contributed by atoms with E-state index in [1.54, 1.807) is 170 Å². The van der Waals surface area contributed by atoms with Gasteiger partial charge in [0.2, 0.25) is 0 Å². The number of carbonyl (C=O) groups is 13. The van der Waals surface area contributed by atoms with Crippen LogP contribution in [0.1, 0.15) is 199 Å². The minimum absolute atomic E-state index is 0. The minimum Gasteiger partial charge on any atom is -0.507 e. The van der Waals surface area contributed by atoms with Crippen LogP contribution < -0.4 is 0 Å². The molecule has 0 aliphatic carbocycles. The Morgan fingerprint density at radius 2 is 0.632 bits per heavy atom. The SMILES string of the molecule is C.CC(=O)c1ccc(C(=O)O)cc1C(=O)Cc1ccc(C(=O)c2ccc(CC(=O)c3cc(C(=O)O)ccc3C(=O)O)cc2)cc1.O=C(c1ccc(CC(=O)c2cc3n[nH]nc3cc2O)cc1)c1ccc(CC(=O)c2cc3[nH]ncc3cc2O)cc1.O=C(c1ccc(CC(=O)c2ccccn2)cc1)c1ccc(CC(=O)c2ccccn2)cc1. The number of aromatic nitrogens is 7. The van der Waals surface area contributed by atoms with Gasteiger partial charge in [0.1, 0.15) is 33.9 Å². The number of ketones is 10. The second-order valence-electron chi connectivity index (χ2n) is 26.7. The van der Waals surface area contributed by atoms with Crippen molar-refractivity contribution < 1.29 is 87.9 Å². The van der Waals surface area contributed by atoms with Crippen molar-refractivity contribution in [3.05, 3.63) is 384 Å². The molecule has 10 aromatic carbocycles. The predicted octanol–water partition coefficient (Wildman–Crippen LogP) is 14.6. The molecule has 25 heteroatoms. The van der Waals surface area contributed by atoms with Crippen LogP contribution in [0.2, 0.25) is 0 Å². The van der Waals surface area contributed by atoms with E-state index >= 15 is 0 Å². The molecule has 25 nitrogen and oxygen atoms in total. The number of H-pyrrole nitrogens is 2. The number of carbonyl (C=O) groups excluding carboxylic acids is 10. The number of pyridine rings is 2. The van der Waals surface area contributed by atoms with Crippen LogP contribution in [0.4, 0.5) is 0 Å². The van der Waals surface area contributed by atoms with Gasteiger partial charge >= 0.3 is 17.9 Å². The number of rotatable bonds is 28. The third kappa shape index (κ3) is 20.2. The lowest BCUT2D eigenvalue weighted by Gasteiger charge is -2.09. The monoisotopic (exact) mass is 1560 g/mol. The quantitative estimate of drug-likeness (QED) is 0.0224. The van der Waals surface area contributed by atoms with Crippen LogP contribution in [0.3, 0.4) is 0 Å². The Morgan fingerprint density at radius 3 is 0.974 bits per heavy atom. The van der Waals surface area contributed by atoms with Crippen LogP contribution in [0, 0.1) is 0 Å². The number of aromatic hydroxyl groups is 2. The Labute approximate surface area is 666 Å². The summed E-state index contributed by atoms with van der Waals surface area (Å²) in [5.41, 5.74) is 8.69. The molecule has 0 bridgehead atoms. The van der Waals surface area contributed by atoms with Gasteiger partial charge in [-0.2, -0.15) is 20.5 Å². The number of hydrogen-bond acceptors (Lipinski definition) is 20. The van der Waals surface area contributed by atoms with Crippen molar-refractivity contribution in [2.24, 2.45) is 0 Å². The summed E-state index contributed by atoms with van der Waals surface area (Å²) in [6.07, 6.45) is 4.96. The van der Waals surface area contributed by atoms with Crippen molar-refractivity contribution in [3.63, 3.8) is 0 Å². The van der Waals surface area contributed by atoms with Crippen molar-refractivity contribution in [1.29, 1.82) is 0 Å². The van der Waals surface area contributed by atoms with Gasteiger partial charge in [0, 0.05) is 112 Å². The Hall–Kier alpha value is -15.9. The number of aromatic carboxylic acids is 3. The standard InChI is InChI=1S/C34H24O10.C30H21N5O5.C27H20N2O3.CH4/c1-18(35)25-12-10-23(32(39)40)16-27(25)29(36)14-19-2-6-21(7-3-19)31(38)22-8-4-20(5-9-22)15-30(37)28-17-24(33(41)42)11-13-26(28)34(43)44;36-26(21-12-23-20(11-28(21)38)15-31-32-23)9-16-1-5-18(6-2-16)30(40)19-7-3-17(4-8-19)10-27(37)22-13-24-25(14-29(22)39)34-35-33-24;30-25(23-5-1-3-15-28-23)17-19-7-11-21(12-8-19)27(32)22-13-9-20(10-14-22)18-26(31)24-6-2-4-16-29-24;/h2-13,16-17H,14-15H2,1H3,(H,39,40)(H,41,42)(H,43,44);1-8,11-15,38-39H,9-10H2,(H,31,32)(H,33,34,35);1-16H,17-18H2;1H4. The number of phenols is 2. The van der Waals surface area contributed by atoms with Gasteiger partial charge < -0.3 is 25.5 Å². The molecule has 7 N–H and O–H groups in total. The summed E-state index contributed by atoms with van der Waals surface area (Å²) in [5, 5.41) is 66.0. The summed E-state index contributed by atoms with van der Waals surface area (Å²) >= 11 is 0. The van der Waals surface area contributed by atoms with Crippen molar-refractivity contribution in [1.82, 2.24) is 35.6 Å². The van der Waals surface area contributed by atoms with Gasteiger partial charge in [-0.05, 0) is 119 Å². The van der Waals surface area contributed by atoms with Gasteiger partial charge in [-0.1, -0.05) is 165 Å². The first-order valence-corrected chi connectivity index (χ1v) is 35.7. The molecule has 14 aromatic rings. The zero-order valence-electron chi connectivity index (χ0n) is 61.3. The molecular formula is C92H69N7O18. The van der Waals surface area contributed by atoms with E-state index in [0.717, 1.165) is 29.3 Å². The molecule has 0 aliphatic heterocycles. The number of hydrogen-bond donors (Lipinski definition) is 7. The summed E-state index contributed by atoms with van der Waals surface area (Å²) in [6, 6.07) is 63.2. The third-order valence-corrected chi connectivity index (χ3v) is 18.7. The molecule has 0 atom stereocenters. The highest BCUT2D eigenvalue weighted by atomic mass is 16.4. The molecule has 0 spiro atoms. The molecule has 0 amide bonds. The molecule has 14 rings (SSSR count). The predicted molar refractivity (Wildman–Crippen MR) is 429 cm³/mol. The lowest BCUT2D eigenvalue weighted by Crippen LogP contribution is -2.13. The van der Waals surface area contributed by atoms with E-state index in [2.05, 4.69) is 35.6 Å². The summed E-state index contributed by atoms with van der Waals surface area (Å²) < 4.78 is 0. The molecule has 580 valence electrons. The summed E-state index contributed by atoms with van der Waals surface area (Å²) in [4.78, 5) is 169. The van der Waals surface area contributed by atoms with Crippen molar-refractivity contribution in [3.8, 4) is 11.5 Å². The Kier molecular flexibility index (Phi) is 25.9. The summed E-state index contributed by atoms with van der Waals surface area (Å²) in [7, 11) is 0. The first-order valence-electron chi connectivity index (χ1n) is 35.7. The van der Waals surface area contributed by atoms with Crippen LogP contribution in [0.25, 0.3) is 21.9 Å². The molecule has 4 heterocycles.